The second kappa shape index (κ2) is 65.4. The van der Waals surface area contributed by atoms with Crippen LogP contribution in [-0.4, -0.2) is 291 Å². The van der Waals surface area contributed by atoms with Crippen molar-refractivity contribution in [2.45, 2.75) is 347 Å². The number of carboxylic acids is 1. The van der Waals surface area contributed by atoms with Crippen LogP contribution in [0.3, 0.4) is 0 Å². The Morgan fingerprint density at radius 1 is 0.507 bits per heavy atom. The molecule has 0 fully saturated rings. The number of ketones is 11. The minimum atomic E-state index is -2.25. The molecule has 0 saturated carbocycles. The molecular weight excluding hydrogens is 1930 g/mol. The van der Waals surface area contributed by atoms with E-state index >= 15 is 24.0 Å². The molecule has 0 aliphatic carbocycles. The van der Waals surface area contributed by atoms with Crippen molar-refractivity contribution in [1.29, 1.82) is 0 Å². The van der Waals surface area contributed by atoms with Crippen molar-refractivity contribution in [3.8, 4) is 29.4 Å². The van der Waals surface area contributed by atoms with E-state index in [2.05, 4.69) is 119 Å². The number of hydrazine groups is 2. The number of aromatic amines is 1. The fourth-order valence-corrected chi connectivity index (χ4v) is 16.3. The summed E-state index contributed by atoms with van der Waals surface area (Å²) in [5.41, 5.74) is 20.3. The van der Waals surface area contributed by atoms with Gasteiger partial charge in [-0.25, -0.2) is 21.7 Å². The molecule has 5 rings (SSSR count). The molecule has 0 saturated heterocycles. The molecule has 0 radical (unpaired) electrons. The van der Waals surface area contributed by atoms with E-state index in [1.54, 1.807) is 116 Å². The summed E-state index contributed by atoms with van der Waals surface area (Å²) in [4.78, 5) is 281. The van der Waals surface area contributed by atoms with Crippen LogP contribution in [0.5, 0.6) is 5.75 Å². The number of hydrogen-bond donors (Lipinski definition) is 23. The molecule has 25 N–H and O–H groups in total. The van der Waals surface area contributed by atoms with Gasteiger partial charge in [0.05, 0.1) is 98.1 Å². The zero-order chi connectivity index (χ0) is 112. The Morgan fingerprint density at radius 2 is 1.04 bits per heavy atom. The second-order valence-electron chi connectivity index (χ2n) is 40.0. The van der Waals surface area contributed by atoms with Crippen molar-refractivity contribution in [3.63, 3.8) is 0 Å². The summed E-state index contributed by atoms with van der Waals surface area (Å²) in [7, 11) is 0. The number of primary amides is 2. The molecular formula is C107H158N20O23. The summed E-state index contributed by atoms with van der Waals surface area (Å²) >= 11 is 0. The van der Waals surface area contributed by atoms with Crippen molar-refractivity contribution in [2.24, 2.45) is 23.3 Å². The number of nitrogens with two attached hydrogens (primary N) is 2. The van der Waals surface area contributed by atoms with Crippen LogP contribution in [0.25, 0.3) is 10.9 Å². The predicted molar refractivity (Wildman–Crippen MR) is 562 cm³/mol. The standard InChI is InChI=1S/C107H158N20O23/c1-62(2)52-82(118-72(13)129)101(146)121-97(71(12)128)105(150)120-83(54-73-30-24-23-25-31-73)103(148)123-107(15)47-29-22-20-18-16-17-19-21-28-46-106(14,94(139)61-116-67(8)89(134)45-50-112-65(6)87(132)43-48-110-64(5)86(131)42-49-111-66(7)88(133)44-51-113-69(10)92(137)59-115-70(11)100(109)145)122-104(149)84(53-63(3)4)126-124-79(38-40-95(108)140)91(136)57-90(135)68(9)114-60-93(138)81(56-75-58-117-78-33-27-26-32-77(75)78)119-102(147)85(55-74-34-36-76(130)37-35-74)127-125-80(39-41-96(141)142)98(143)99(107)144/h23-27,30-37,58,62-71,79-85,97,110-117,124-128,130H,20-22,28-29,38-57,59-61H2,1-15H3,(H2,108,140)(H2,109,145)(H,118,129)(H,119,147)(H,120,150)(H,121,146)(H,122,149)(H,123,148)(H,141,142)/t64-,65-,66-,67-,68-,69-,70+,71+,79-,80-,81-,82-,83-,84-,85-,97-,106-,107+/m0/s1. The van der Waals surface area contributed by atoms with Crippen LogP contribution in [0, 0.1) is 35.5 Å². The van der Waals surface area contributed by atoms with Gasteiger partial charge >= 0.3 is 5.97 Å². The molecule has 43 heteroatoms. The van der Waals surface area contributed by atoms with Crippen molar-refractivity contribution < 1.29 is 111 Å². The lowest BCUT2D eigenvalue weighted by molar-refractivity contribution is -0.144. The largest absolute Gasteiger partial charge is 0.508 e. The average Bonchev–Trinajstić information content (AvgIpc) is 1.53. The zero-order valence-corrected chi connectivity index (χ0v) is 88.9. The summed E-state index contributed by atoms with van der Waals surface area (Å²) in [6, 6.07) is 3.64. The Hall–Kier alpha value is -12.8. The number of rotatable bonds is 53. The van der Waals surface area contributed by atoms with Gasteiger partial charge in [-0.2, -0.15) is 0 Å². The van der Waals surface area contributed by atoms with Gasteiger partial charge in [0.2, 0.25) is 58.8 Å². The number of nitrogens with one attached hydrogen (secondary N) is 18. The van der Waals surface area contributed by atoms with Crippen molar-refractivity contribution >= 4 is 128 Å². The number of hydrogen-bond acceptors (Lipinski definition) is 33. The number of aliphatic hydroxyl groups excluding tert-OH is 1. The highest BCUT2D eigenvalue weighted by atomic mass is 16.4. The number of amides is 8. The molecule has 1 aliphatic rings. The molecule has 0 bridgehead atoms. The number of aromatic hydroxyl groups is 1. The number of aliphatic carboxylic acids is 1. The number of carboxylic acid groups (broad SMARTS) is 1. The number of aliphatic hydroxyl groups is 1. The van der Waals surface area contributed by atoms with Crippen molar-refractivity contribution in [2.75, 3.05) is 45.8 Å². The summed E-state index contributed by atoms with van der Waals surface area (Å²) in [5, 5.41) is 69.4. The monoisotopic (exact) mass is 2090 g/mol. The van der Waals surface area contributed by atoms with Gasteiger partial charge in [-0.1, -0.05) is 100 Å². The number of carbonyl (C=O) groups excluding carboxylic acids is 19. The van der Waals surface area contributed by atoms with Gasteiger partial charge in [0.1, 0.15) is 41.5 Å². The highest BCUT2D eigenvalue weighted by molar-refractivity contribution is 6.42. The van der Waals surface area contributed by atoms with Gasteiger partial charge in [-0.05, 0) is 192 Å². The Bertz CT molecular complexity index is 5400. The number of aromatic nitrogens is 1. The molecule has 43 nitrogen and oxygen atoms in total. The summed E-state index contributed by atoms with van der Waals surface area (Å²) in [6.45, 7) is 23.0. The first-order valence-corrected chi connectivity index (χ1v) is 51.4. The lowest BCUT2D eigenvalue weighted by Gasteiger charge is -2.33. The Labute approximate surface area is 877 Å². The molecule has 8 amide bonds. The highest BCUT2D eigenvalue weighted by Gasteiger charge is 2.45. The average molecular weight is 2090 g/mol. The maximum atomic E-state index is 15.6. The molecule has 2 heterocycles. The molecule has 0 spiro atoms. The third-order valence-electron chi connectivity index (χ3n) is 26.1. The normalized spacial score (nSPS) is 21.1. The Kier molecular flexibility index (Phi) is 55.6. The van der Waals surface area contributed by atoms with Crippen LogP contribution in [0.1, 0.15) is 236 Å². The Morgan fingerprint density at radius 3 is 1.59 bits per heavy atom. The van der Waals surface area contributed by atoms with Crippen molar-refractivity contribution in [3.05, 3.63) is 102 Å². The highest BCUT2D eigenvalue weighted by Crippen LogP contribution is 2.25. The van der Waals surface area contributed by atoms with Gasteiger partial charge in [0, 0.05) is 114 Å². The number of para-hydroxylation sites is 1. The topological polar surface area (TPSA) is 674 Å². The molecule has 1 aromatic heterocycles. The van der Waals surface area contributed by atoms with Crippen LogP contribution in [0.4, 0.5) is 0 Å². The Balaban J connectivity index is 1.47. The van der Waals surface area contributed by atoms with Crippen LogP contribution in [-0.2, 0) is 115 Å². The molecule has 1 aliphatic heterocycles. The SMILES string of the molecule is CC(=O)N[C@@H](CC(C)C)C(=O)N[C@H](C(=O)N[C@@H](Cc1ccccc1)C(=O)N[C@]1(C)CCCCC#CC#CCCC[C@@](C)(C(=O)CN[C@@H](C)C(=O)CCN[C@@H](C)C(=O)CCN[C@@H](C)C(=O)CCN[C@@H](C)C(=O)CCN[C@@H](C)C(=O)CN[C@H](C)C(N)=O)NC(=O)[C@H](CC(C)C)NN[C@@H](CCC(N)=O)C(=O)CC(=O)[C@H](C)NCC(=O)[C@H](Cc2c[nH]c3ccccc23)NC(=O)[C@H](Cc2ccc(O)cc2)NN[C@@H](CCC(=O)O)C(=O)C1=O)[C@@H](C)O. The number of carbonyl (C=O) groups is 20. The number of benzene rings is 3. The van der Waals surface area contributed by atoms with E-state index in [0.717, 1.165) is 0 Å². The van der Waals surface area contributed by atoms with Crippen LogP contribution < -0.4 is 102 Å². The number of Topliss-reactive ketones (excluding diaryl/α,β-unsaturated/α-hetero) is 11. The van der Waals surface area contributed by atoms with Gasteiger partial charge < -0.3 is 95.6 Å². The summed E-state index contributed by atoms with van der Waals surface area (Å²) in [6.07, 6.45) is -3.09. The van der Waals surface area contributed by atoms with Crippen LogP contribution in [0.2, 0.25) is 0 Å². The van der Waals surface area contributed by atoms with E-state index in [-0.39, 0.29) is 195 Å². The molecule has 18 atom stereocenters. The minimum absolute atomic E-state index is 0.0230. The van der Waals surface area contributed by atoms with E-state index in [4.69, 9.17) is 11.5 Å². The van der Waals surface area contributed by atoms with Crippen LogP contribution in [0.15, 0.2) is 85.1 Å². The number of phenolic OH excluding ortho intramolecular Hbond substituents is 1. The van der Waals surface area contributed by atoms with E-state index in [1.807, 2.05) is 13.8 Å². The fourth-order valence-electron chi connectivity index (χ4n) is 16.3. The lowest BCUT2D eigenvalue weighted by atomic mass is 9.84. The second-order valence-corrected chi connectivity index (χ2v) is 40.0. The summed E-state index contributed by atoms with van der Waals surface area (Å²) in [5.74, 6) is -3.43. The van der Waals surface area contributed by atoms with Gasteiger partial charge in [0.15, 0.2) is 52.0 Å². The lowest BCUT2D eigenvalue weighted by Crippen LogP contribution is -2.64. The molecule has 150 heavy (non-hydrogen) atoms. The maximum absolute atomic E-state index is 15.6. The number of phenols is 1. The third-order valence-corrected chi connectivity index (χ3v) is 26.1. The minimum Gasteiger partial charge on any atom is -0.508 e. The number of H-pyrrole nitrogens is 1. The number of fused-ring (bicyclic) bond motifs is 1. The first kappa shape index (κ1) is 128. The van der Waals surface area contributed by atoms with Crippen LogP contribution >= 0.6 is 0 Å². The van der Waals surface area contributed by atoms with Gasteiger partial charge in [0.25, 0.3) is 0 Å². The third kappa shape index (κ3) is 46.0. The van der Waals surface area contributed by atoms with Gasteiger partial charge in [-0.3, -0.25) is 101 Å². The first-order valence-electron chi connectivity index (χ1n) is 51.4. The first-order chi connectivity index (χ1) is 70.8. The molecule has 4 aromatic rings. The molecule has 824 valence electrons. The van der Waals surface area contributed by atoms with Crippen molar-refractivity contribution in [1.82, 2.24) is 95.8 Å². The van der Waals surface area contributed by atoms with E-state index in [9.17, 15) is 87.2 Å². The predicted octanol–water partition coefficient (Wildman–Crippen LogP) is 0.170. The fraction of sp³-hybridized carbons (Fsp3) is 0.589. The van der Waals surface area contributed by atoms with Gasteiger partial charge in [-0.15, -0.1) is 0 Å². The zero-order valence-electron chi connectivity index (χ0n) is 88.9. The van der Waals surface area contributed by atoms with E-state index < -0.39 is 228 Å². The quantitative estimate of drug-likeness (QED) is 0.0159. The van der Waals surface area contributed by atoms with E-state index in [1.165, 1.54) is 58.9 Å². The molecule has 0 unspecified atom stereocenters. The summed E-state index contributed by atoms with van der Waals surface area (Å²) < 4.78 is 0. The smallest absolute Gasteiger partial charge is 0.303 e. The van der Waals surface area contributed by atoms with E-state index in [0.29, 0.717) is 27.6 Å². The maximum Gasteiger partial charge on any atom is 0.303 e. The molecule has 3 aromatic carbocycles.